The number of benzene rings is 1. The molecule has 27 heavy (non-hydrogen) atoms. The highest BCUT2D eigenvalue weighted by atomic mass is 79.9. The molecule has 0 bridgehead atoms. The Morgan fingerprint density at radius 1 is 1.41 bits per heavy atom. The van der Waals surface area contributed by atoms with E-state index in [1.807, 2.05) is 6.92 Å². The van der Waals surface area contributed by atoms with E-state index >= 15 is 4.39 Å². The lowest BCUT2D eigenvalue weighted by Gasteiger charge is -2.19. The quantitative estimate of drug-likeness (QED) is 0.564. The van der Waals surface area contributed by atoms with Gasteiger partial charge in [-0.25, -0.2) is 13.8 Å². The maximum atomic E-state index is 15.1. The summed E-state index contributed by atoms with van der Waals surface area (Å²) >= 11 is 3.35. The van der Waals surface area contributed by atoms with Crippen molar-refractivity contribution in [1.29, 1.82) is 0 Å². The molecule has 0 saturated carbocycles. The Morgan fingerprint density at radius 3 is 2.89 bits per heavy atom. The van der Waals surface area contributed by atoms with Crippen LogP contribution in [-0.2, 0) is 9.53 Å². The van der Waals surface area contributed by atoms with Crippen LogP contribution in [0, 0.1) is 11.6 Å². The van der Waals surface area contributed by atoms with Gasteiger partial charge in [-0.1, -0.05) is 6.92 Å². The molecule has 2 N–H and O–H groups in total. The third kappa shape index (κ3) is 3.86. The predicted molar refractivity (Wildman–Crippen MR) is 103 cm³/mol. The van der Waals surface area contributed by atoms with Gasteiger partial charge in [0.1, 0.15) is 17.6 Å². The van der Waals surface area contributed by atoms with Gasteiger partial charge in [-0.2, -0.15) is 0 Å². The number of hydrogen-bond donors (Lipinski definition) is 2. The molecule has 0 saturated heterocycles. The number of pyridine rings is 1. The zero-order valence-electron chi connectivity index (χ0n) is 14.8. The highest BCUT2D eigenvalue weighted by Gasteiger charge is 2.27. The molecule has 3 aromatic rings. The van der Waals surface area contributed by atoms with Crippen LogP contribution >= 0.6 is 15.9 Å². The molecule has 5 nitrogen and oxygen atoms in total. The van der Waals surface area contributed by atoms with Crippen molar-refractivity contribution in [2.24, 2.45) is 0 Å². The maximum absolute atomic E-state index is 15.1. The first-order chi connectivity index (χ1) is 13.0. The van der Waals surface area contributed by atoms with E-state index in [0.717, 1.165) is 10.5 Å². The summed E-state index contributed by atoms with van der Waals surface area (Å²) < 4.78 is 35.8. The highest BCUT2D eigenvalue weighted by Crippen LogP contribution is 2.36. The number of rotatable bonds is 6. The summed E-state index contributed by atoms with van der Waals surface area (Å²) in [6.45, 7) is 1.84. The van der Waals surface area contributed by atoms with Crippen LogP contribution in [-0.4, -0.2) is 23.0 Å². The third-order valence-electron chi connectivity index (χ3n) is 4.19. The first-order valence-electron chi connectivity index (χ1n) is 8.39. The Labute approximate surface area is 163 Å². The molecular weight excluding hydrogens is 420 g/mol. The fourth-order valence-corrected chi connectivity index (χ4v) is 3.29. The standard InChI is InChI=1S/C19H18BrF2N3O2/c1-3-4-15(26)25-14-6-5-13(21)16(17(14)22)18(27-2)12-9-24-19-11(12)7-10(20)8-23-19/h5-9,18H,3-4H2,1-2H3,(H,23,24)(H,25,26). The number of anilines is 1. The lowest BCUT2D eigenvalue weighted by molar-refractivity contribution is -0.116. The van der Waals surface area contributed by atoms with Crippen LogP contribution in [0.4, 0.5) is 14.5 Å². The number of amides is 1. The van der Waals surface area contributed by atoms with Gasteiger partial charge in [0.15, 0.2) is 5.82 Å². The second-order valence-corrected chi connectivity index (χ2v) is 6.95. The van der Waals surface area contributed by atoms with E-state index in [1.54, 1.807) is 18.5 Å². The number of H-pyrrole nitrogens is 1. The van der Waals surface area contributed by atoms with Gasteiger partial charge in [-0.3, -0.25) is 4.79 Å². The number of hydrogen-bond acceptors (Lipinski definition) is 3. The largest absolute Gasteiger partial charge is 0.372 e. The van der Waals surface area contributed by atoms with Crippen LogP contribution in [0.25, 0.3) is 11.0 Å². The number of ether oxygens (including phenoxy) is 1. The zero-order valence-corrected chi connectivity index (χ0v) is 16.4. The molecule has 1 atom stereocenters. The molecule has 1 aromatic carbocycles. The van der Waals surface area contributed by atoms with E-state index < -0.39 is 17.7 Å². The molecule has 2 heterocycles. The predicted octanol–water partition coefficient (Wildman–Crippen LogP) is 5.08. The molecule has 1 unspecified atom stereocenters. The van der Waals surface area contributed by atoms with Gasteiger partial charge in [0.05, 0.1) is 11.3 Å². The molecular formula is C19H18BrF2N3O2. The third-order valence-corrected chi connectivity index (χ3v) is 4.62. The molecule has 0 spiro atoms. The van der Waals surface area contributed by atoms with Gasteiger partial charge in [-0.05, 0) is 40.5 Å². The first-order valence-corrected chi connectivity index (χ1v) is 9.18. The van der Waals surface area contributed by atoms with Gasteiger partial charge >= 0.3 is 0 Å². The maximum Gasteiger partial charge on any atom is 0.224 e. The van der Waals surface area contributed by atoms with Crippen molar-refractivity contribution in [3.63, 3.8) is 0 Å². The SMILES string of the molecule is CCCC(=O)Nc1ccc(F)c(C(OC)c2c[nH]c3ncc(Br)cc23)c1F. The first kappa shape index (κ1) is 19.4. The van der Waals surface area contributed by atoms with E-state index in [4.69, 9.17) is 4.74 Å². The van der Waals surface area contributed by atoms with E-state index in [9.17, 15) is 9.18 Å². The Kier molecular flexibility index (Phi) is 5.86. The minimum absolute atomic E-state index is 0.0777. The number of nitrogens with zero attached hydrogens (tertiary/aromatic N) is 1. The van der Waals surface area contributed by atoms with Crippen LogP contribution in [0.15, 0.2) is 35.1 Å². The molecule has 142 valence electrons. The monoisotopic (exact) mass is 437 g/mol. The lowest BCUT2D eigenvalue weighted by Crippen LogP contribution is -2.15. The molecule has 0 radical (unpaired) electrons. The van der Waals surface area contributed by atoms with E-state index in [-0.39, 0.29) is 23.6 Å². The van der Waals surface area contributed by atoms with Crippen LogP contribution in [0.2, 0.25) is 0 Å². The van der Waals surface area contributed by atoms with Gasteiger partial charge in [-0.15, -0.1) is 0 Å². The second kappa shape index (κ2) is 8.14. The van der Waals surface area contributed by atoms with Crippen LogP contribution in [0.5, 0.6) is 0 Å². The molecule has 0 fully saturated rings. The van der Waals surface area contributed by atoms with Gasteiger partial charge in [0, 0.05) is 41.3 Å². The number of fused-ring (bicyclic) bond motifs is 1. The number of halogens is 3. The Balaban J connectivity index is 2.09. The van der Waals surface area contributed by atoms with Crippen LogP contribution in [0.1, 0.15) is 37.0 Å². The number of carbonyl (C=O) groups excluding carboxylic acids is 1. The van der Waals surface area contributed by atoms with Crippen LogP contribution in [0.3, 0.4) is 0 Å². The summed E-state index contributed by atoms with van der Waals surface area (Å²) in [6.07, 6.45) is 3.09. The molecule has 2 aromatic heterocycles. The Morgan fingerprint density at radius 2 is 2.19 bits per heavy atom. The smallest absolute Gasteiger partial charge is 0.224 e. The van der Waals surface area contributed by atoms with Crippen molar-refractivity contribution in [2.45, 2.75) is 25.9 Å². The number of nitrogens with one attached hydrogen (secondary N) is 2. The highest BCUT2D eigenvalue weighted by molar-refractivity contribution is 9.10. The van der Waals surface area contributed by atoms with E-state index in [0.29, 0.717) is 23.0 Å². The van der Waals surface area contributed by atoms with Gasteiger partial charge in [0.2, 0.25) is 5.91 Å². The molecule has 3 rings (SSSR count). The van der Waals surface area contributed by atoms with Gasteiger partial charge in [0.25, 0.3) is 0 Å². The summed E-state index contributed by atoms with van der Waals surface area (Å²) in [7, 11) is 1.37. The van der Waals surface area contributed by atoms with Crippen LogP contribution < -0.4 is 5.32 Å². The summed E-state index contributed by atoms with van der Waals surface area (Å²) in [6, 6.07) is 4.12. The molecule has 0 aliphatic heterocycles. The topological polar surface area (TPSA) is 67.0 Å². The summed E-state index contributed by atoms with van der Waals surface area (Å²) in [5, 5.41) is 3.16. The molecule has 1 amide bonds. The minimum Gasteiger partial charge on any atom is -0.372 e. The summed E-state index contributed by atoms with van der Waals surface area (Å²) in [5.74, 6) is -1.95. The average Bonchev–Trinajstić information content (AvgIpc) is 3.04. The molecule has 0 aliphatic rings. The zero-order chi connectivity index (χ0) is 19.6. The fraction of sp³-hybridized carbons (Fsp3) is 0.263. The van der Waals surface area contributed by atoms with E-state index in [1.165, 1.54) is 13.2 Å². The number of aromatic amines is 1. The van der Waals surface area contributed by atoms with Crippen molar-refractivity contribution in [3.05, 3.63) is 57.8 Å². The van der Waals surface area contributed by atoms with E-state index in [2.05, 4.69) is 31.2 Å². The Hall–Kier alpha value is -2.32. The fourth-order valence-electron chi connectivity index (χ4n) is 2.96. The summed E-state index contributed by atoms with van der Waals surface area (Å²) in [4.78, 5) is 19.0. The number of carbonyl (C=O) groups is 1. The Bertz CT molecular complexity index is 990. The molecule has 8 heteroatoms. The van der Waals surface area contributed by atoms with Crippen molar-refractivity contribution in [1.82, 2.24) is 9.97 Å². The average molecular weight is 438 g/mol. The van der Waals surface area contributed by atoms with Crippen molar-refractivity contribution < 1.29 is 18.3 Å². The van der Waals surface area contributed by atoms with Crippen molar-refractivity contribution >= 4 is 38.6 Å². The minimum atomic E-state index is -1.02. The number of methoxy groups -OCH3 is 1. The second-order valence-electron chi connectivity index (χ2n) is 6.03. The van der Waals surface area contributed by atoms with Crippen molar-refractivity contribution in [2.75, 3.05) is 12.4 Å². The normalized spacial score (nSPS) is 12.3. The lowest BCUT2D eigenvalue weighted by atomic mass is 9.99. The molecule has 0 aliphatic carbocycles. The number of aromatic nitrogens is 2. The van der Waals surface area contributed by atoms with Gasteiger partial charge < -0.3 is 15.0 Å². The van der Waals surface area contributed by atoms with Crippen molar-refractivity contribution in [3.8, 4) is 0 Å². The summed E-state index contributed by atoms with van der Waals surface area (Å²) in [5.41, 5.74) is 0.762.